The molecule has 0 saturated carbocycles. The van der Waals surface area contributed by atoms with Gasteiger partial charge in [-0.3, -0.25) is 4.57 Å². The van der Waals surface area contributed by atoms with Crippen LogP contribution < -0.4 is 21.8 Å². The topological polar surface area (TPSA) is 79.4 Å². The van der Waals surface area contributed by atoms with E-state index in [0.29, 0.717) is 6.61 Å². The van der Waals surface area contributed by atoms with E-state index in [1.54, 1.807) is 0 Å². The van der Waals surface area contributed by atoms with Gasteiger partial charge >= 0.3 is 5.69 Å². The lowest BCUT2D eigenvalue weighted by Crippen LogP contribution is -2.63. The summed E-state index contributed by atoms with van der Waals surface area (Å²) in [5.41, 5.74) is 3.99. The summed E-state index contributed by atoms with van der Waals surface area (Å²) < 4.78 is 28.7. The first-order valence-electron chi connectivity index (χ1n) is 12.4. The zero-order valence-electron chi connectivity index (χ0n) is 21.7. The average Bonchev–Trinajstić information content (AvgIpc) is 2.82. The number of anilines is 1. The van der Waals surface area contributed by atoms with Crippen LogP contribution in [0.1, 0.15) is 34.6 Å². The normalized spacial score (nSPS) is 22.0. The third-order valence-electron chi connectivity index (χ3n) is 7.50. The van der Waals surface area contributed by atoms with Crippen molar-refractivity contribution in [2.45, 2.75) is 59.1 Å². The highest BCUT2D eigenvalue weighted by Gasteiger charge is 2.55. The largest absolute Gasteiger partial charge is 0.381 e. The lowest BCUT2D eigenvalue weighted by atomic mass is 9.63. The van der Waals surface area contributed by atoms with Crippen molar-refractivity contribution in [2.75, 3.05) is 12.3 Å². The van der Waals surface area contributed by atoms with Crippen LogP contribution in [0.15, 0.2) is 71.7 Å². The number of ether oxygens (including phenoxy) is 2. The Morgan fingerprint density at radius 1 is 1.08 bits per heavy atom. The first-order chi connectivity index (χ1) is 16.9. The minimum absolute atomic E-state index is 0.199. The van der Waals surface area contributed by atoms with Crippen LogP contribution in [0, 0.1) is 16.6 Å². The summed E-state index contributed by atoms with van der Waals surface area (Å²) in [5, 5.41) is 2.63. The highest BCUT2D eigenvalue weighted by Crippen LogP contribution is 2.50. The number of hydrogen-bond acceptors (Lipinski definition) is 5. The summed E-state index contributed by atoms with van der Waals surface area (Å²) in [4.78, 5) is 16.5. The second kappa shape index (κ2) is 9.92. The molecule has 0 bridgehead atoms. The van der Waals surface area contributed by atoms with Crippen LogP contribution >= 0.6 is 0 Å². The Bertz CT molecular complexity index is 1200. The predicted octanol–water partition coefficient (Wildman–Crippen LogP) is 3.19. The van der Waals surface area contributed by atoms with Crippen molar-refractivity contribution < 1.29 is 13.9 Å². The SMILES string of the molecule is CC1(C)OCC(Cn2cc(F)c(N)nc2=O)(C(C)(C)C)C(C[SiH](c2ccccc2)c2ccccc2)O1. The van der Waals surface area contributed by atoms with Gasteiger partial charge in [-0.25, -0.2) is 9.18 Å². The van der Waals surface area contributed by atoms with Crippen LogP contribution in [0.4, 0.5) is 10.2 Å². The van der Waals surface area contributed by atoms with Gasteiger partial charge in [0, 0.05) is 18.2 Å². The highest BCUT2D eigenvalue weighted by molar-refractivity contribution is 6.85. The fourth-order valence-electron chi connectivity index (χ4n) is 5.19. The maximum Gasteiger partial charge on any atom is 0.349 e. The fourth-order valence-corrected chi connectivity index (χ4v) is 8.47. The van der Waals surface area contributed by atoms with E-state index < -0.39 is 37.3 Å². The van der Waals surface area contributed by atoms with Crippen LogP contribution in [0.2, 0.25) is 6.04 Å². The number of hydrogen-bond donors (Lipinski definition) is 1. The summed E-state index contributed by atoms with van der Waals surface area (Å²) in [5.74, 6) is -1.90. The lowest BCUT2D eigenvalue weighted by Gasteiger charge is -2.56. The van der Waals surface area contributed by atoms with Crippen molar-refractivity contribution in [3.63, 3.8) is 0 Å². The molecule has 0 amide bonds. The third-order valence-corrected chi connectivity index (χ3v) is 10.8. The number of rotatable bonds is 6. The summed E-state index contributed by atoms with van der Waals surface area (Å²) >= 11 is 0. The molecule has 1 aromatic heterocycles. The maximum absolute atomic E-state index is 14.4. The number of benzene rings is 2. The van der Waals surface area contributed by atoms with E-state index in [1.165, 1.54) is 14.9 Å². The Labute approximate surface area is 213 Å². The van der Waals surface area contributed by atoms with Gasteiger partial charge in [-0.15, -0.1) is 0 Å². The molecular weight excluding hydrogens is 473 g/mol. The van der Waals surface area contributed by atoms with Gasteiger partial charge in [0.1, 0.15) is 8.80 Å². The van der Waals surface area contributed by atoms with Gasteiger partial charge in [0.25, 0.3) is 0 Å². The molecule has 6 nitrogen and oxygen atoms in total. The van der Waals surface area contributed by atoms with Crippen LogP contribution in [-0.2, 0) is 16.0 Å². The van der Waals surface area contributed by atoms with Crippen molar-refractivity contribution in [1.29, 1.82) is 0 Å². The van der Waals surface area contributed by atoms with E-state index in [2.05, 4.69) is 74.3 Å². The zero-order valence-corrected chi connectivity index (χ0v) is 22.9. The van der Waals surface area contributed by atoms with E-state index in [-0.39, 0.29) is 18.1 Å². The van der Waals surface area contributed by atoms with Crippen molar-refractivity contribution >= 4 is 25.0 Å². The molecule has 0 radical (unpaired) electrons. The summed E-state index contributed by atoms with van der Waals surface area (Å²) in [6, 6.07) is 21.9. The third kappa shape index (κ3) is 5.31. The van der Waals surface area contributed by atoms with Gasteiger partial charge in [-0.05, 0) is 25.3 Å². The Kier molecular flexibility index (Phi) is 7.23. The second-order valence-corrected chi connectivity index (χ2v) is 14.1. The van der Waals surface area contributed by atoms with E-state index in [4.69, 9.17) is 15.2 Å². The zero-order chi connectivity index (χ0) is 26.1. The first kappa shape index (κ1) is 26.3. The molecule has 36 heavy (non-hydrogen) atoms. The molecular formula is C28H36FN3O3Si. The Morgan fingerprint density at radius 3 is 2.17 bits per heavy atom. The van der Waals surface area contributed by atoms with Crippen molar-refractivity contribution in [3.8, 4) is 0 Å². The molecule has 2 atom stereocenters. The maximum atomic E-state index is 14.4. The average molecular weight is 510 g/mol. The number of nitrogens with zero attached hydrogens (tertiary/aromatic N) is 2. The minimum atomic E-state index is -1.75. The van der Waals surface area contributed by atoms with Gasteiger partial charge in [-0.1, -0.05) is 91.8 Å². The van der Waals surface area contributed by atoms with Gasteiger partial charge in [0.15, 0.2) is 17.4 Å². The monoisotopic (exact) mass is 509 g/mol. The molecule has 8 heteroatoms. The molecule has 1 aliphatic heterocycles. The molecule has 0 aliphatic carbocycles. The van der Waals surface area contributed by atoms with Crippen LogP contribution in [0.3, 0.4) is 0 Å². The minimum Gasteiger partial charge on any atom is -0.381 e. The summed E-state index contributed by atoms with van der Waals surface area (Å²) in [7, 11) is -1.75. The number of nitrogens with two attached hydrogens (primary N) is 1. The molecule has 3 aromatic rings. The van der Waals surface area contributed by atoms with Crippen molar-refractivity contribution in [1.82, 2.24) is 9.55 Å². The summed E-state index contributed by atoms with van der Waals surface area (Å²) in [6.45, 7) is 10.8. The lowest BCUT2D eigenvalue weighted by molar-refractivity contribution is -0.333. The Hall–Kier alpha value is -2.81. The van der Waals surface area contributed by atoms with Crippen LogP contribution in [-0.4, -0.2) is 36.8 Å². The van der Waals surface area contributed by atoms with Gasteiger partial charge in [-0.2, -0.15) is 4.98 Å². The molecule has 2 aromatic carbocycles. The molecule has 1 fully saturated rings. The molecule has 1 saturated heterocycles. The first-order valence-corrected chi connectivity index (χ1v) is 14.3. The number of nitrogen functional groups attached to an aromatic ring is 1. The van der Waals surface area contributed by atoms with Gasteiger partial charge < -0.3 is 15.2 Å². The number of aromatic nitrogens is 2. The fraction of sp³-hybridized carbons (Fsp3) is 0.429. The Balaban J connectivity index is 1.83. The van der Waals surface area contributed by atoms with Crippen LogP contribution in [0.25, 0.3) is 0 Å². The molecule has 2 unspecified atom stereocenters. The van der Waals surface area contributed by atoms with E-state index in [1.807, 2.05) is 26.0 Å². The van der Waals surface area contributed by atoms with Gasteiger partial charge in [0.05, 0.1) is 12.7 Å². The molecule has 2 heterocycles. The predicted molar refractivity (Wildman–Crippen MR) is 144 cm³/mol. The van der Waals surface area contributed by atoms with E-state index >= 15 is 0 Å². The highest BCUT2D eigenvalue weighted by atomic mass is 28.3. The van der Waals surface area contributed by atoms with Crippen molar-refractivity contribution in [2.24, 2.45) is 10.8 Å². The molecule has 0 spiro atoms. The Morgan fingerprint density at radius 2 is 1.64 bits per heavy atom. The van der Waals surface area contributed by atoms with Crippen LogP contribution in [0.5, 0.6) is 0 Å². The standard InChI is InChI=1S/C28H36FN3O3Si/c1-26(2,3)28(18-32-16-22(29)24(30)31-25(32)33)19-34-27(4,5)35-23(28)17-36(20-12-8-6-9-13-20)21-14-10-7-11-15-21/h6-16,23,36H,17-19H2,1-5H3,(H2,30,31,33). The molecule has 1 aliphatic rings. The quantitative estimate of drug-likeness (QED) is 0.517. The molecule has 4 rings (SSSR count). The number of halogens is 1. The summed E-state index contributed by atoms with van der Waals surface area (Å²) in [6.07, 6.45) is 0.893. The van der Waals surface area contributed by atoms with Gasteiger partial charge in [0.2, 0.25) is 0 Å². The van der Waals surface area contributed by atoms with Crippen molar-refractivity contribution in [3.05, 3.63) is 83.2 Å². The smallest absolute Gasteiger partial charge is 0.349 e. The molecule has 192 valence electrons. The molecule has 2 N–H and O–H groups in total. The van der Waals surface area contributed by atoms with E-state index in [0.717, 1.165) is 12.2 Å². The van der Waals surface area contributed by atoms with E-state index in [9.17, 15) is 9.18 Å². The second-order valence-electron chi connectivity index (χ2n) is 11.2.